The molecule has 0 spiro atoms. The molecular weight excluding hydrogens is 332 g/mol. The van der Waals surface area contributed by atoms with Gasteiger partial charge in [-0.1, -0.05) is 24.3 Å². The molecule has 0 bridgehead atoms. The molecule has 1 aliphatic rings. The molecule has 2 unspecified atom stereocenters. The average molecular weight is 356 g/mol. The van der Waals surface area contributed by atoms with Crippen LogP contribution in [0.15, 0.2) is 43.0 Å². The lowest BCUT2D eigenvalue weighted by atomic mass is 9.94. The van der Waals surface area contributed by atoms with Crippen LogP contribution in [0.4, 0.5) is 0 Å². The Kier molecular flexibility index (Phi) is 5.68. The third-order valence-corrected chi connectivity index (χ3v) is 4.70. The van der Waals surface area contributed by atoms with E-state index in [4.69, 9.17) is 4.74 Å². The van der Waals surface area contributed by atoms with Gasteiger partial charge in [-0.05, 0) is 24.5 Å². The van der Waals surface area contributed by atoms with Crippen molar-refractivity contribution in [1.82, 2.24) is 19.8 Å². The summed E-state index contributed by atoms with van der Waals surface area (Å²) in [5.74, 6) is -0.314. The van der Waals surface area contributed by atoms with Gasteiger partial charge in [0.2, 0.25) is 5.91 Å². The van der Waals surface area contributed by atoms with Crippen LogP contribution in [0, 0.1) is 6.92 Å². The number of benzene rings is 1. The summed E-state index contributed by atoms with van der Waals surface area (Å²) in [6, 6.07) is 7.34. The third-order valence-electron chi connectivity index (χ3n) is 4.70. The molecule has 1 N–H and O–H groups in total. The molecule has 7 heteroatoms. The van der Waals surface area contributed by atoms with E-state index in [2.05, 4.69) is 10.3 Å². The van der Waals surface area contributed by atoms with Crippen molar-refractivity contribution in [3.8, 4) is 0 Å². The summed E-state index contributed by atoms with van der Waals surface area (Å²) in [7, 11) is 1.72. The number of aromatic nitrogens is 2. The third kappa shape index (κ3) is 3.94. The number of carbonyl (C=O) groups is 2. The zero-order valence-electron chi connectivity index (χ0n) is 15.1. The first-order valence-electron chi connectivity index (χ1n) is 8.74. The van der Waals surface area contributed by atoms with Gasteiger partial charge in [0.1, 0.15) is 6.61 Å². The van der Waals surface area contributed by atoms with Crippen LogP contribution in [0.3, 0.4) is 0 Å². The molecule has 0 radical (unpaired) electrons. The summed E-state index contributed by atoms with van der Waals surface area (Å²) in [6.07, 6.45) is 5.45. The van der Waals surface area contributed by atoms with Crippen LogP contribution in [0.2, 0.25) is 0 Å². The highest BCUT2D eigenvalue weighted by molar-refractivity contribution is 5.86. The Morgan fingerprint density at radius 1 is 1.38 bits per heavy atom. The number of likely N-dealkylation sites (N-methyl/N-ethyl adjacent to an activating group) is 1. The zero-order valence-corrected chi connectivity index (χ0v) is 15.1. The van der Waals surface area contributed by atoms with E-state index in [1.54, 1.807) is 24.5 Å². The first-order valence-corrected chi connectivity index (χ1v) is 8.74. The predicted octanol–water partition coefficient (Wildman–Crippen LogP) is 1.30. The second-order valence-corrected chi connectivity index (χ2v) is 6.48. The number of hydrogen-bond donors (Lipinski definition) is 1. The highest BCUT2D eigenvalue weighted by Gasteiger charge is 2.40. The Balaban J connectivity index is 1.66. The van der Waals surface area contributed by atoms with E-state index in [1.807, 2.05) is 42.0 Å². The molecule has 3 rings (SSSR count). The number of nitrogens with zero attached hydrogens (tertiary/aromatic N) is 3. The summed E-state index contributed by atoms with van der Waals surface area (Å²) >= 11 is 0. The van der Waals surface area contributed by atoms with Crippen LogP contribution in [-0.2, 0) is 20.9 Å². The lowest BCUT2D eigenvalue weighted by Crippen LogP contribution is -2.53. The molecule has 2 aromatic rings. The lowest BCUT2D eigenvalue weighted by Gasteiger charge is -2.38. The van der Waals surface area contributed by atoms with Crippen LogP contribution < -0.4 is 5.32 Å². The van der Waals surface area contributed by atoms with Crippen molar-refractivity contribution in [1.29, 1.82) is 0 Å². The molecule has 1 fully saturated rings. The van der Waals surface area contributed by atoms with Crippen molar-refractivity contribution in [2.75, 3.05) is 20.2 Å². The van der Waals surface area contributed by atoms with Crippen LogP contribution >= 0.6 is 0 Å². The van der Waals surface area contributed by atoms with Crippen LogP contribution in [-0.4, -0.2) is 52.6 Å². The molecule has 138 valence electrons. The Morgan fingerprint density at radius 3 is 2.92 bits per heavy atom. The highest BCUT2D eigenvalue weighted by Crippen LogP contribution is 2.31. The molecule has 7 nitrogen and oxygen atoms in total. The SMILES string of the molecule is Cc1ccccc1C1C(C(=O)NCCCn2ccnc2)OCC(=O)N1C. The Bertz CT molecular complexity index is 760. The van der Waals surface area contributed by atoms with Gasteiger partial charge in [0, 0.05) is 32.5 Å². The normalized spacial score (nSPS) is 20.2. The number of imidazole rings is 1. The Morgan fingerprint density at radius 2 is 2.19 bits per heavy atom. The summed E-state index contributed by atoms with van der Waals surface area (Å²) in [4.78, 5) is 30.4. The van der Waals surface area contributed by atoms with Gasteiger partial charge >= 0.3 is 0 Å². The van der Waals surface area contributed by atoms with Gasteiger partial charge < -0.3 is 19.5 Å². The molecule has 0 aliphatic carbocycles. The van der Waals surface area contributed by atoms with E-state index < -0.39 is 12.1 Å². The molecule has 1 saturated heterocycles. The van der Waals surface area contributed by atoms with Gasteiger partial charge in [-0.3, -0.25) is 9.59 Å². The van der Waals surface area contributed by atoms with E-state index in [0.717, 1.165) is 24.1 Å². The number of carbonyl (C=O) groups excluding carboxylic acids is 2. The quantitative estimate of drug-likeness (QED) is 0.792. The van der Waals surface area contributed by atoms with Crippen molar-refractivity contribution >= 4 is 11.8 Å². The van der Waals surface area contributed by atoms with Crippen molar-refractivity contribution in [2.45, 2.75) is 32.0 Å². The first kappa shape index (κ1) is 18.1. The minimum atomic E-state index is -0.716. The van der Waals surface area contributed by atoms with E-state index in [-0.39, 0.29) is 18.4 Å². The molecule has 1 aliphatic heterocycles. The smallest absolute Gasteiger partial charge is 0.251 e. The Hall–Kier alpha value is -2.67. The zero-order chi connectivity index (χ0) is 18.5. The van der Waals surface area contributed by atoms with Crippen molar-refractivity contribution < 1.29 is 14.3 Å². The lowest BCUT2D eigenvalue weighted by molar-refractivity contribution is -0.162. The maximum atomic E-state index is 12.7. The average Bonchev–Trinajstić information content (AvgIpc) is 3.15. The van der Waals surface area contributed by atoms with Crippen molar-refractivity contribution in [2.24, 2.45) is 0 Å². The summed E-state index contributed by atoms with van der Waals surface area (Å²) < 4.78 is 7.59. The number of aryl methyl sites for hydroxylation is 2. The summed E-state index contributed by atoms with van der Waals surface area (Å²) in [5.41, 5.74) is 1.96. The van der Waals surface area contributed by atoms with Crippen LogP contribution in [0.5, 0.6) is 0 Å². The first-order chi connectivity index (χ1) is 12.6. The number of amides is 2. The fourth-order valence-electron chi connectivity index (χ4n) is 3.21. The second-order valence-electron chi connectivity index (χ2n) is 6.48. The number of ether oxygens (including phenoxy) is 1. The minimum Gasteiger partial charge on any atom is -0.356 e. The topological polar surface area (TPSA) is 76.5 Å². The summed E-state index contributed by atoms with van der Waals surface area (Å²) in [6.45, 7) is 3.22. The number of morpholine rings is 1. The predicted molar refractivity (Wildman–Crippen MR) is 96.3 cm³/mol. The van der Waals surface area contributed by atoms with Gasteiger partial charge in [-0.2, -0.15) is 0 Å². The maximum Gasteiger partial charge on any atom is 0.251 e. The molecular formula is C19H24N4O3. The second kappa shape index (κ2) is 8.14. The highest BCUT2D eigenvalue weighted by atomic mass is 16.5. The minimum absolute atomic E-state index is 0.0774. The molecule has 0 saturated carbocycles. The van der Waals surface area contributed by atoms with Crippen LogP contribution in [0.1, 0.15) is 23.6 Å². The fraction of sp³-hybridized carbons (Fsp3) is 0.421. The number of rotatable bonds is 6. The standard InChI is InChI=1S/C19H24N4O3/c1-14-6-3-4-7-15(14)17-18(26-12-16(24)22(17)2)19(25)21-8-5-10-23-11-9-20-13-23/h3-4,6-7,9,11,13,17-18H,5,8,10,12H2,1-2H3,(H,21,25). The van der Waals surface area contributed by atoms with Gasteiger partial charge in [0.25, 0.3) is 5.91 Å². The molecule has 26 heavy (non-hydrogen) atoms. The van der Waals surface area contributed by atoms with Gasteiger partial charge in [0.05, 0.1) is 12.4 Å². The summed E-state index contributed by atoms with van der Waals surface area (Å²) in [5, 5.41) is 2.93. The number of nitrogens with one attached hydrogen (secondary N) is 1. The monoisotopic (exact) mass is 356 g/mol. The van der Waals surface area contributed by atoms with Gasteiger partial charge in [-0.15, -0.1) is 0 Å². The van der Waals surface area contributed by atoms with Gasteiger partial charge in [0.15, 0.2) is 6.10 Å². The molecule has 1 aromatic carbocycles. The number of hydrogen-bond acceptors (Lipinski definition) is 4. The Labute approximate surface area is 153 Å². The largest absolute Gasteiger partial charge is 0.356 e. The molecule has 2 amide bonds. The molecule has 1 aromatic heterocycles. The van der Waals surface area contributed by atoms with E-state index in [1.165, 1.54) is 0 Å². The van der Waals surface area contributed by atoms with Crippen molar-refractivity contribution in [3.05, 3.63) is 54.1 Å². The van der Waals surface area contributed by atoms with Crippen molar-refractivity contribution in [3.63, 3.8) is 0 Å². The van der Waals surface area contributed by atoms with E-state index in [0.29, 0.717) is 6.54 Å². The molecule has 2 heterocycles. The van der Waals surface area contributed by atoms with Gasteiger partial charge in [-0.25, -0.2) is 4.98 Å². The fourth-order valence-corrected chi connectivity index (χ4v) is 3.21. The van der Waals surface area contributed by atoms with Crippen LogP contribution in [0.25, 0.3) is 0 Å². The van der Waals surface area contributed by atoms with E-state index in [9.17, 15) is 9.59 Å². The molecule has 2 atom stereocenters. The van der Waals surface area contributed by atoms with E-state index >= 15 is 0 Å². The maximum absolute atomic E-state index is 12.7.